The van der Waals surface area contributed by atoms with Crippen molar-refractivity contribution in [3.05, 3.63) is 35.4 Å². The summed E-state index contributed by atoms with van der Waals surface area (Å²) in [7, 11) is 1.62. The molecule has 0 aliphatic rings. The highest BCUT2D eigenvalue weighted by molar-refractivity contribution is 5.81. The summed E-state index contributed by atoms with van der Waals surface area (Å²) in [6, 6.07) is 7.92. The van der Waals surface area contributed by atoms with Crippen LogP contribution >= 0.6 is 0 Å². The molecule has 0 heterocycles. The van der Waals surface area contributed by atoms with Gasteiger partial charge in [0.1, 0.15) is 0 Å². The van der Waals surface area contributed by atoms with Crippen LogP contribution in [-0.2, 0) is 22.6 Å². The lowest BCUT2D eigenvalue weighted by molar-refractivity contribution is -0.126. The van der Waals surface area contributed by atoms with Gasteiger partial charge >= 0.3 is 0 Å². The SMILES string of the molecule is CCN(Cc1ccccc1CN)C(C)C(=O)NCCOC. The van der Waals surface area contributed by atoms with E-state index in [4.69, 9.17) is 10.5 Å². The van der Waals surface area contributed by atoms with Crippen LogP contribution in [0.2, 0.25) is 0 Å². The van der Waals surface area contributed by atoms with Gasteiger partial charge in [-0.15, -0.1) is 0 Å². The third kappa shape index (κ3) is 5.46. The van der Waals surface area contributed by atoms with Gasteiger partial charge in [0.15, 0.2) is 0 Å². The number of hydrogen-bond acceptors (Lipinski definition) is 4. The molecule has 0 aromatic heterocycles. The van der Waals surface area contributed by atoms with Crippen LogP contribution < -0.4 is 11.1 Å². The van der Waals surface area contributed by atoms with E-state index < -0.39 is 0 Å². The Labute approximate surface area is 127 Å². The fourth-order valence-electron chi connectivity index (χ4n) is 2.24. The zero-order valence-electron chi connectivity index (χ0n) is 13.3. The van der Waals surface area contributed by atoms with E-state index >= 15 is 0 Å². The third-order valence-corrected chi connectivity index (χ3v) is 3.65. The zero-order chi connectivity index (χ0) is 15.7. The van der Waals surface area contributed by atoms with Crippen LogP contribution in [0, 0.1) is 0 Å². The molecule has 0 saturated heterocycles. The van der Waals surface area contributed by atoms with E-state index in [1.165, 1.54) is 5.56 Å². The molecule has 5 heteroatoms. The summed E-state index contributed by atoms with van der Waals surface area (Å²) in [6.45, 7) is 7.10. The number of carbonyl (C=O) groups is 1. The van der Waals surface area contributed by atoms with Crippen molar-refractivity contribution in [1.29, 1.82) is 0 Å². The molecular formula is C16H27N3O2. The Morgan fingerprint density at radius 3 is 2.62 bits per heavy atom. The van der Waals surface area contributed by atoms with Crippen molar-refractivity contribution in [3.63, 3.8) is 0 Å². The van der Waals surface area contributed by atoms with Gasteiger partial charge in [-0.2, -0.15) is 0 Å². The second-order valence-electron chi connectivity index (χ2n) is 5.00. The minimum Gasteiger partial charge on any atom is -0.383 e. The predicted octanol–water partition coefficient (Wildman–Crippen LogP) is 1.12. The van der Waals surface area contributed by atoms with Gasteiger partial charge in [-0.3, -0.25) is 9.69 Å². The fourth-order valence-corrected chi connectivity index (χ4v) is 2.24. The van der Waals surface area contributed by atoms with Gasteiger partial charge < -0.3 is 15.8 Å². The van der Waals surface area contributed by atoms with Gasteiger partial charge in [-0.05, 0) is 24.6 Å². The first kappa shape index (κ1) is 17.6. The third-order valence-electron chi connectivity index (χ3n) is 3.65. The molecule has 118 valence electrons. The van der Waals surface area contributed by atoms with Crippen molar-refractivity contribution in [2.24, 2.45) is 5.73 Å². The molecule has 21 heavy (non-hydrogen) atoms. The van der Waals surface area contributed by atoms with Gasteiger partial charge in [0.05, 0.1) is 12.6 Å². The number of likely N-dealkylation sites (N-methyl/N-ethyl adjacent to an activating group) is 1. The predicted molar refractivity (Wildman–Crippen MR) is 84.8 cm³/mol. The standard InChI is InChI=1S/C16H27N3O2/c1-4-19(13(2)16(20)18-9-10-21-3)12-15-8-6-5-7-14(15)11-17/h5-8,13H,4,9-12,17H2,1-3H3,(H,18,20). The number of nitrogens with zero attached hydrogens (tertiary/aromatic N) is 1. The molecule has 0 fully saturated rings. The number of carbonyl (C=O) groups excluding carboxylic acids is 1. The number of nitrogens with one attached hydrogen (secondary N) is 1. The highest BCUT2D eigenvalue weighted by Gasteiger charge is 2.20. The van der Waals surface area contributed by atoms with Crippen molar-refractivity contribution in [2.75, 3.05) is 26.8 Å². The van der Waals surface area contributed by atoms with Gasteiger partial charge in [-0.25, -0.2) is 0 Å². The number of amides is 1. The number of methoxy groups -OCH3 is 1. The molecule has 1 aromatic rings. The summed E-state index contributed by atoms with van der Waals surface area (Å²) in [6.07, 6.45) is 0. The van der Waals surface area contributed by atoms with E-state index in [-0.39, 0.29) is 11.9 Å². The Hall–Kier alpha value is -1.43. The Morgan fingerprint density at radius 2 is 2.05 bits per heavy atom. The molecule has 0 bridgehead atoms. The van der Waals surface area contributed by atoms with Crippen LogP contribution in [0.1, 0.15) is 25.0 Å². The summed E-state index contributed by atoms with van der Waals surface area (Å²) in [5.74, 6) is 0.0270. The molecule has 3 N–H and O–H groups in total. The largest absolute Gasteiger partial charge is 0.383 e. The van der Waals surface area contributed by atoms with Gasteiger partial charge in [0.25, 0.3) is 0 Å². The van der Waals surface area contributed by atoms with Gasteiger partial charge in [0, 0.05) is 26.7 Å². The number of hydrogen-bond donors (Lipinski definition) is 2. The summed E-state index contributed by atoms with van der Waals surface area (Å²) < 4.78 is 4.94. The average molecular weight is 293 g/mol. The maximum absolute atomic E-state index is 12.1. The second kappa shape index (κ2) is 9.50. The molecule has 1 aromatic carbocycles. The van der Waals surface area contributed by atoms with E-state index in [1.54, 1.807) is 7.11 Å². The molecule has 0 radical (unpaired) electrons. The summed E-state index contributed by atoms with van der Waals surface area (Å²) in [5.41, 5.74) is 8.08. The molecule has 0 saturated carbocycles. The summed E-state index contributed by atoms with van der Waals surface area (Å²) in [4.78, 5) is 14.3. The smallest absolute Gasteiger partial charge is 0.237 e. The lowest BCUT2D eigenvalue weighted by atomic mass is 10.1. The van der Waals surface area contributed by atoms with E-state index in [1.807, 2.05) is 25.1 Å². The van der Waals surface area contributed by atoms with Crippen molar-refractivity contribution in [1.82, 2.24) is 10.2 Å². The maximum atomic E-state index is 12.1. The van der Waals surface area contributed by atoms with Crippen LogP contribution in [0.5, 0.6) is 0 Å². The molecular weight excluding hydrogens is 266 g/mol. The highest BCUT2D eigenvalue weighted by Crippen LogP contribution is 2.13. The Bertz CT molecular complexity index is 437. The lowest BCUT2D eigenvalue weighted by Crippen LogP contribution is -2.45. The number of benzene rings is 1. The quantitative estimate of drug-likeness (QED) is 0.670. The van der Waals surface area contributed by atoms with Crippen molar-refractivity contribution in [3.8, 4) is 0 Å². The summed E-state index contributed by atoms with van der Waals surface area (Å²) in [5, 5.41) is 2.88. The van der Waals surface area contributed by atoms with E-state index in [0.717, 1.165) is 18.7 Å². The normalized spacial score (nSPS) is 12.4. The highest BCUT2D eigenvalue weighted by atomic mass is 16.5. The number of ether oxygens (including phenoxy) is 1. The van der Waals surface area contributed by atoms with Gasteiger partial charge in [-0.1, -0.05) is 31.2 Å². The first-order chi connectivity index (χ1) is 10.1. The first-order valence-corrected chi connectivity index (χ1v) is 7.41. The Kier molecular flexibility index (Phi) is 7.97. The minimum atomic E-state index is -0.183. The van der Waals surface area contributed by atoms with Crippen molar-refractivity contribution >= 4 is 5.91 Å². The minimum absolute atomic E-state index is 0.0270. The Morgan fingerprint density at radius 1 is 1.38 bits per heavy atom. The molecule has 1 rings (SSSR count). The van der Waals surface area contributed by atoms with Gasteiger partial charge in [0.2, 0.25) is 5.91 Å². The molecule has 0 aliphatic carbocycles. The Balaban J connectivity index is 2.67. The number of nitrogens with two attached hydrogens (primary N) is 1. The van der Waals surface area contributed by atoms with Crippen molar-refractivity contribution < 1.29 is 9.53 Å². The topological polar surface area (TPSA) is 67.6 Å². The van der Waals surface area contributed by atoms with Crippen LogP contribution in [0.4, 0.5) is 0 Å². The molecule has 1 unspecified atom stereocenters. The monoisotopic (exact) mass is 293 g/mol. The summed E-state index contributed by atoms with van der Waals surface area (Å²) >= 11 is 0. The number of rotatable bonds is 9. The molecule has 0 spiro atoms. The molecule has 5 nitrogen and oxygen atoms in total. The molecule has 1 amide bonds. The first-order valence-electron chi connectivity index (χ1n) is 7.41. The average Bonchev–Trinajstić information content (AvgIpc) is 2.52. The van der Waals surface area contributed by atoms with Crippen LogP contribution in [0.25, 0.3) is 0 Å². The zero-order valence-corrected chi connectivity index (χ0v) is 13.3. The van der Waals surface area contributed by atoms with E-state index in [9.17, 15) is 4.79 Å². The van der Waals surface area contributed by atoms with Crippen LogP contribution in [0.15, 0.2) is 24.3 Å². The lowest BCUT2D eigenvalue weighted by Gasteiger charge is -2.27. The maximum Gasteiger partial charge on any atom is 0.237 e. The van der Waals surface area contributed by atoms with E-state index in [0.29, 0.717) is 19.7 Å². The molecule has 1 atom stereocenters. The van der Waals surface area contributed by atoms with E-state index in [2.05, 4.69) is 23.2 Å². The second-order valence-corrected chi connectivity index (χ2v) is 5.00. The molecule has 0 aliphatic heterocycles. The van der Waals surface area contributed by atoms with Crippen molar-refractivity contribution in [2.45, 2.75) is 33.0 Å². The van der Waals surface area contributed by atoms with Crippen LogP contribution in [0.3, 0.4) is 0 Å². The fraction of sp³-hybridized carbons (Fsp3) is 0.562. The van der Waals surface area contributed by atoms with Crippen LogP contribution in [-0.4, -0.2) is 43.7 Å².